The van der Waals surface area contributed by atoms with E-state index in [-0.39, 0.29) is 35.8 Å². The minimum Gasteiger partial charge on any atom is -0.496 e. The molecule has 0 aliphatic carbocycles. The third-order valence-corrected chi connectivity index (χ3v) is 4.79. The molecule has 29 heavy (non-hydrogen) atoms. The van der Waals surface area contributed by atoms with Gasteiger partial charge in [0.05, 0.1) is 32.5 Å². The fraction of sp³-hybridized carbons (Fsp3) is 0.273. The van der Waals surface area contributed by atoms with Crippen LogP contribution in [0.15, 0.2) is 49.1 Å². The van der Waals surface area contributed by atoms with Gasteiger partial charge in [-0.05, 0) is 12.1 Å². The van der Waals surface area contributed by atoms with E-state index in [9.17, 15) is 9.59 Å². The normalized spacial score (nSPS) is 17.6. The number of ketones is 1. The molecule has 0 fully saturated rings. The fourth-order valence-electron chi connectivity index (χ4n) is 3.39. The van der Waals surface area contributed by atoms with Crippen molar-refractivity contribution in [2.24, 2.45) is 0 Å². The van der Waals surface area contributed by atoms with Gasteiger partial charge in [-0.15, -0.1) is 0 Å². The molecule has 7 nitrogen and oxygen atoms in total. The third-order valence-electron chi connectivity index (χ3n) is 4.79. The number of hydrogen-bond acceptors (Lipinski definition) is 7. The lowest BCUT2D eigenvalue weighted by Gasteiger charge is -2.36. The van der Waals surface area contributed by atoms with Gasteiger partial charge in [-0.2, -0.15) is 0 Å². The van der Waals surface area contributed by atoms with Crippen LogP contribution >= 0.6 is 0 Å². The van der Waals surface area contributed by atoms with Gasteiger partial charge in [-0.3, -0.25) is 9.59 Å². The van der Waals surface area contributed by atoms with Crippen molar-refractivity contribution in [3.05, 3.63) is 60.2 Å². The molecule has 3 rings (SSSR count). The zero-order valence-electron chi connectivity index (χ0n) is 16.5. The summed E-state index contributed by atoms with van der Waals surface area (Å²) in [5, 5.41) is 0. The molecule has 1 aliphatic heterocycles. The second-order valence-electron chi connectivity index (χ2n) is 6.31. The number of carbonyl (C=O) groups excluding carboxylic acids is 2. The number of rotatable bonds is 7. The number of ether oxygens (including phenoxy) is 5. The minimum atomic E-state index is -1.82. The van der Waals surface area contributed by atoms with E-state index in [1.54, 1.807) is 36.4 Å². The van der Waals surface area contributed by atoms with Crippen molar-refractivity contribution in [2.75, 3.05) is 34.5 Å². The Kier molecular flexibility index (Phi) is 5.77. The Balaban J connectivity index is 2.30. The van der Waals surface area contributed by atoms with Crippen LogP contribution in [0.4, 0.5) is 0 Å². The highest BCUT2D eigenvalue weighted by atomic mass is 16.5. The maximum atomic E-state index is 13.7. The average molecular weight is 398 g/mol. The van der Waals surface area contributed by atoms with E-state index in [2.05, 4.69) is 6.58 Å². The Labute approximate surface area is 168 Å². The lowest BCUT2D eigenvalue weighted by molar-refractivity contribution is -0.148. The highest BCUT2D eigenvalue weighted by Crippen LogP contribution is 2.47. The molecule has 0 saturated heterocycles. The summed E-state index contributed by atoms with van der Waals surface area (Å²) in [4.78, 5) is 27.0. The van der Waals surface area contributed by atoms with E-state index < -0.39 is 17.2 Å². The van der Waals surface area contributed by atoms with Gasteiger partial charge in [0.15, 0.2) is 11.2 Å². The number of methoxy groups -OCH3 is 3. The number of fused-ring (bicyclic) bond motifs is 1. The van der Waals surface area contributed by atoms with Crippen LogP contribution in [-0.4, -0.2) is 46.3 Å². The lowest BCUT2D eigenvalue weighted by Crippen LogP contribution is -2.52. The molecule has 1 aliphatic rings. The van der Waals surface area contributed by atoms with Crippen LogP contribution in [0, 0.1) is 0 Å². The van der Waals surface area contributed by atoms with Gasteiger partial charge in [-0.1, -0.05) is 24.8 Å². The molecule has 0 aromatic heterocycles. The van der Waals surface area contributed by atoms with Crippen molar-refractivity contribution in [3.8, 4) is 23.0 Å². The quantitative estimate of drug-likeness (QED) is 0.403. The smallest absolute Gasteiger partial charge is 0.328 e. The SMILES string of the molecule is C=CCOC(=O)C1(c2c(OC)cc(OC)cc2OC)COc2ccccc2C1=O. The summed E-state index contributed by atoms with van der Waals surface area (Å²) >= 11 is 0. The van der Waals surface area contributed by atoms with E-state index in [1.807, 2.05) is 0 Å². The molecule has 0 amide bonds. The third kappa shape index (κ3) is 3.29. The summed E-state index contributed by atoms with van der Waals surface area (Å²) in [6.07, 6.45) is 1.43. The Morgan fingerprint density at radius 1 is 1.14 bits per heavy atom. The van der Waals surface area contributed by atoms with E-state index >= 15 is 0 Å². The second kappa shape index (κ2) is 8.26. The van der Waals surface area contributed by atoms with E-state index in [1.165, 1.54) is 27.4 Å². The first-order chi connectivity index (χ1) is 14.0. The van der Waals surface area contributed by atoms with Crippen LogP contribution in [0.25, 0.3) is 0 Å². The Morgan fingerprint density at radius 2 is 1.79 bits per heavy atom. The Morgan fingerprint density at radius 3 is 2.38 bits per heavy atom. The van der Waals surface area contributed by atoms with Crippen LogP contribution in [0.3, 0.4) is 0 Å². The zero-order valence-corrected chi connectivity index (χ0v) is 16.5. The van der Waals surface area contributed by atoms with Crippen LogP contribution in [0.2, 0.25) is 0 Å². The molecule has 1 atom stereocenters. The van der Waals surface area contributed by atoms with Crippen molar-refractivity contribution in [2.45, 2.75) is 5.41 Å². The Bertz CT molecular complexity index is 925. The van der Waals surface area contributed by atoms with Gasteiger partial charge in [0, 0.05) is 12.1 Å². The zero-order chi connectivity index (χ0) is 21.0. The molecule has 1 heterocycles. The standard InChI is InChI=1S/C22H22O7/c1-5-10-28-21(24)22(13-29-16-9-7-6-8-15(16)20(22)23)19-17(26-3)11-14(25-2)12-18(19)27-4/h5-9,11-12H,1,10,13H2,2-4H3. The first-order valence-corrected chi connectivity index (χ1v) is 8.88. The van der Waals surface area contributed by atoms with E-state index in [4.69, 9.17) is 23.7 Å². The number of benzene rings is 2. The van der Waals surface area contributed by atoms with Crippen molar-refractivity contribution in [3.63, 3.8) is 0 Å². The van der Waals surface area contributed by atoms with Gasteiger partial charge in [-0.25, -0.2) is 0 Å². The molecule has 2 aromatic carbocycles. The van der Waals surface area contributed by atoms with Crippen molar-refractivity contribution in [1.29, 1.82) is 0 Å². The predicted molar refractivity (Wildman–Crippen MR) is 105 cm³/mol. The van der Waals surface area contributed by atoms with Gasteiger partial charge >= 0.3 is 5.97 Å². The molecule has 0 N–H and O–H groups in total. The van der Waals surface area contributed by atoms with Gasteiger partial charge in [0.25, 0.3) is 0 Å². The van der Waals surface area contributed by atoms with E-state index in [0.717, 1.165) is 0 Å². The van der Waals surface area contributed by atoms with Gasteiger partial charge < -0.3 is 23.7 Å². The summed E-state index contributed by atoms with van der Waals surface area (Å²) in [7, 11) is 4.36. The van der Waals surface area contributed by atoms with Crippen molar-refractivity contribution < 1.29 is 33.3 Å². The van der Waals surface area contributed by atoms with Crippen LogP contribution < -0.4 is 18.9 Å². The fourth-order valence-corrected chi connectivity index (χ4v) is 3.39. The first-order valence-electron chi connectivity index (χ1n) is 8.88. The summed E-state index contributed by atoms with van der Waals surface area (Å²) < 4.78 is 27.4. The molecule has 1 unspecified atom stereocenters. The highest BCUT2D eigenvalue weighted by Gasteiger charge is 2.56. The number of esters is 1. The van der Waals surface area contributed by atoms with Crippen molar-refractivity contribution >= 4 is 11.8 Å². The molecular formula is C22H22O7. The van der Waals surface area contributed by atoms with Crippen LogP contribution in [0.1, 0.15) is 15.9 Å². The molecule has 2 aromatic rings. The lowest BCUT2D eigenvalue weighted by atomic mass is 9.72. The molecule has 7 heteroatoms. The summed E-state index contributed by atoms with van der Waals surface area (Å²) in [6, 6.07) is 9.89. The monoisotopic (exact) mass is 398 g/mol. The maximum Gasteiger partial charge on any atom is 0.328 e. The largest absolute Gasteiger partial charge is 0.496 e. The predicted octanol–water partition coefficient (Wildman–Crippen LogP) is 2.95. The number of hydrogen-bond donors (Lipinski definition) is 0. The summed E-state index contributed by atoms with van der Waals surface area (Å²) in [6.45, 7) is 3.23. The molecule has 152 valence electrons. The maximum absolute atomic E-state index is 13.7. The molecule has 0 saturated carbocycles. The van der Waals surface area contributed by atoms with Gasteiger partial charge in [0.2, 0.25) is 0 Å². The van der Waals surface area contributed by atoms with Crippen LogP contribution in [-0.2, 0) is 14.9 Å². The topological polar surface area (TPSA) is 80.3 Å². The van der Waals surface area contributed by atoms with Crippen molar-refractivity contribution in [1.82, 2.24) is 0 Å². The summed E-state index contributed by atoms with van der Waals surface area (Å²) in [5.41, 5.74) is -1.33. The molecular weight excluding hydrogens is 376 g/mol. The Hall–Kier alpha value is -3.48. The molecule has 0 radical (unpaired) electrons. The molecule has 0 spiro atoms. The van der Waals surface area contributed by atoms with Crippen LogP contribution in [0.5, 0.6) is 23.0 Å². The minimum absolute atomic E-state index is 0.0592. The van der Waals surface area contributed by atoms with Gasteiger partial charge in [0.1, 0.15) is 36.2 Å². The average Bonchev–Trinajstić information content (AvgIpc) is 2.77. The number of para-hydroxylation sites is 1. The molecule has 0 bridgehead atoms. The first kappa shape index (κ1) is 20.3. The number of Topliss-reactive ketones (excluding diaryl/α,β-unsaturated/α-hetero) is 1. The van der Waals surface area contributed by atoms with E-state index in [0.29, 0.717) is 11.5 Å². The summed E-state index contributed by atoms with van der Waals surface area (Å²) in [5.74, 6) is 0.0905. The second-order valence-corrected chi connectivity index (χ2v) is 6.31. The number of carbonyl (C=O) groups is 2. The highest BCUT2D eigenvalue weighted by molar-refractivity contribution is 6.20.